The number of nitrogens with one attached hydrogen (secondary N) is 1. The first kappa shape index (κ1) is 17.9. The summed E-state index contributed by atoms with van der Waals surface area (Å²) in [6, 6.07) is 6.47. The van der Waals surface area contributed by atoms with E-state index in [1.807, 2.05) is 4.72 Å². The van der Waals surface area contributed by atoms with E-state index in [2.05, 4.69) is 4.98 Å². The molecule has 24 heavy (non-hydrogen) atoms. The average Bonchev–Trinajstić information content (AvgIpc) is 2.54. The second-order valence-electron chi connectivity index (χ2n) is 4.51. The highest BCUT2D eigenvalue weighted by molar-refractivity contribution is 7.90. The van der Waals surface area contributed by atoms with Crippen LogP contribution in [0.1, 0.15) is 5.56 Å². The van der Waals surface area contributed by atoms with Gasteiger partial charge in [-0.25, -0.2) is 14.1 Å². The molecule has 0 aliphatic heterocycles. The molecule has 0 saturated heterocycles. The fourth-order valence-corrected chi connectivity index (χ4v) is 2.68. The van der Waals surface area contributed by atoms with E-state index in [-0.39, 0.29) is 15.8 Å². The van der Waals surface area contributed by atoms with Crippen molar-refractivity contribution < 1.29 is 22.3 Å². The third-order valence-corrected chi connectivity index (χ3v) is 4.30. The van der Waals surface area contributed by atoms with Crippen LogP contribution in [0.2, 0.25) is 5.02 Å². The van der Waals surface area contributed by atoms with Crippen molar-refractivity contribution in [3.05, 3.63) is 59.0 Å². The lowest BCUT2D eigenvalue weighted by Gasteiger charge is -2.04. The molecule has 0 unspecified atom stereocenters. The minimum Gasteiger partial charge on any atom is -0.494 e. The Morgan fingerprint density at radius 3 is 2.71 bits per heavy atom. The van der Waals surface area contributed by atoms with Gasteiger partial charge in [-0.2, -0.15) is 8.42 Å². The third kappa shape index (κ3) is 4.53. The lowest BCUT2D eigenvalue weighted by molar-refractivity contribution is -0.114. The first-order chi connectivity index (χ1) is 11.3. The summed E-state index contributed by atoms with van der Waals surface area (Å²) in [5.74, 6) is -1.42. The van der Waals surface area contributed by atoms with Crippen LogP contribution in [0.4, 0.5) is 4.39 Å². The van der Waals surface area contributed by atoms with Crippen molar-refractivity contribution in [1.29, 1.82) is 0 Å². The van der Waals surface area contributed by atoms with Gasteiger partial charge in [-0.15, -0.1) is 0 Å². The van der Waals surface area contributed by atoms with Crippen molar-refractivity contribution in [1.82, 2.24) is 9.71 Å². The molecule has 6 nitrogen and oxygen atoms in total. The van der Waals surface area contributed by atoms with Crippen LogP contribution in [0.3, 0.4) is 0 Å². The summed E-state index contributed by atoms with van der Waals surface area (Å²) < 4.78 is 43.9. The highest BCUT2D eigenvalue weighted by Crippen LogP contribution is 2.19. The van der Waals surface area contributed by atoms with Crippen molar-refractivity contribution in [2.24, 2.45) is 0 Å². The summed E-state index contributed by atoms with van der Waals surface area (Å²) in [5.41, 5.74) is 0.463. The zero-order chi connectivity index (χ0) is 17.7. The predicted molar refractivity (Wildman–Crippen MR) is 86.6 cm³/mol. The third-order valence-electron chi connectivity index (χ3n) is 2.81. The second-order valence-corrected chi connectivity index (χ2v) is 6.58. The molecule has 126 valence electrons. The maximum absolute atomic E-state index is 13.3. The molecule has 0 fully saturated rings. The molecule has 1 heterocycles. The van der Waals surface area contributed by atoms with Crippen LogP contribution in [-0.2, 0) is 14.8 Å². The Hall–Kier alpha value is -2.45. The van der Waals surface area contributed by atoms with Crippen molar-refractivity contribution >= 4 is 33.6 Å². The zero-order valence-electron chi connectivity index (χ0n) is 12.4. The lowest BCUT2D eigenvalue weighted by Crippen LogP contribution is -2.29. The Bertz CT molecular complexity index is 883. The van der Waals surface area contributed by atoms with Crippen LogP contribution < -0.4 is 9.46 Å². The van der Waals surface area contributed by atoms with Gasteiger partial charge in [-0.1, -0.05) is 17.7 Å². The number of rotatable bonds is 5. The molecule has 1 aromatic carbocycles. The predicted octanol–water partition coefficient (Wildman–Crippen LogP) is 2.40. The Morgan fingerprint density at radius 1 is 1.33 bits per heavy atom. The zero-order valence-corrected chi connectivity index (χ0v) is 13.9. The maximum Gasteiger partial charge on any atom is 0.281 e. The molecule has 0 spiro atoms. The molecule has 2 rings (SSSR count). The van der Waals surface area contributed by atoms with Gasteiger partial charge in [0.05, 0.1) is 12.1 Å². The fourth-order valence-electron chi connectivity index (χ4n) is 1.69. The molecule has 0 saturated carbocycles. The number of hydrogen-bond donors (Lipinski definition) is 1. The van der Waals surface area contributed by atoms with Crippen molar-refractivity contribution in [3.63, 3.8) is 0 Å². The molecule has 0 aliphatic carbocycles. The fraction of sp³-hybridized carbons (Fsp3) is 0.0667. The highest BCUT2D eigenvalue weighted by atomic mass is 35.5. The van der Waals surface area contributed by atoms with E-state index in [9.17, 15) is 17.6 Å². The molecule has 0 atom stereocenters. The molecular weight excluding hydrogens is 359 g/mol. The summed E-state index contributed by atoms with van der Waals surface area (Å²) in [6.07, 6.45) is 3.48. The number of pyridine rings is 1. The summed E-state index contributed by atoms with van der Waals surface area (Å²) in [7, 11) is -2.80. The summed E-state index contributed by atoms with van der Waals surface area (Å²) >= 11 is 5.63. The first-order valence-electron chi connectivity index (χ1n) is 6.52. The lowest BCUT2D eigenvalue weighted by atomic mass is 10.2. The van der Waals surface area contributed by atoms with Gasteiger partial charge in [0.25, 0.3) is 15.9 Å². The summed E-state index contributed by atoms with van der Waals surface area (Å²) in [5, 5.41) is -0.0671. The van der Waals surface area contributed by atoms with E-state index in [0.29, 0.717) is 5.56 Å². The van der Waals surface area contributed by atoms with Crippen molar-refractivity contribution in [2.45, 2.75) is 5.03 Å². The van der Waals surface area contributed by atoms with Crippen molar-refractivity contribution in [3.8, 4) is 5.75 Å². The Kier molecular flexibility index (Phi) is 5.53. The van der Waals surface area contributed by atoms with Gasteiger partial charge in [-0.05, 0) is 35.9 Å². The minimum atomic E-state index is -4.11. The van der Waals surface area contributed by atoms with Crippen LogP contribution in [-0.4, -0.2) is 26.4 Å². The smallest absolute Gasteiger partial charge is 0.281 e. The number of halogens is 2. The second kappa shape index (κ2) is 7.41. The maximum atomic E-state index is 13.3. The number of carbonyl (C=O) groups is 1. The number of ether oxygens (including phenoxy) is 1. The monoisotopic (exact) mass is 370 g/mol. The van der Waals surface area contributed by atoms with Crippen LogP contribution in [0.15, 0.2) is 47.6 Å². The number of aromatic nitrogens is 1. The largest absolute Gasteiger partial charge is 0.494 e. The van der Waals surface area contributed by atoms with Crippen LogP contribution in [0.25, 0.3) is 6.08 Å². The van der Waals surface area contributed by atoms with E-state index in [0.717, 1.165) is 12.3 Å². The standard InChI is InChI=1S/C15H12ClFN2O4S/c1-23-13-8-10(2-5-12(13)17)3-6-14(20)19-24(21,22)15-7-4-11(16)9-18-15/h2-9H,1H3,(H,19,20). The number of methoxy groups -OCH3 is 1. The molecule has 1 aromatic heterocycles. The molecule has 0 bridgehead atoms. The Balaban J connectivity index is 2.11. The molecule has 1 N–H and O–H groups in total. The number of sulfonamides is 1. The summed E-state index contributed by atoms with van der Waals surface area (Å²) in [4.78, 5) is 15.4. The summed E-state index contributed by atoms with van der Waals surface area (Å²) in [6.45, 7) is 0. The molecule has 9 heteroatoms. The van der Waals surface area contributed by atoms with Gasteiger partial charge < -0.3 is 4.74 Å². The Morgan fingerprint density at radius 2 is 2.08 bits per heavy atom. The Labute approximate surface area is 143 Å². The normalized spacial score (nSPS) is 11.5. The van der Waals surface area contributed by atoms with Crippen molar-refractivity contribution in [2.75, 3.05) is 7.11 Å². The van der Waals surface area contributed by atoms with Crippen LogP contribution >= 0.6 is 11.6 Å². The number of carbonyl (C=O) groups excluding carboxylic acids is 1. The molecule has 2 aromatic rings. The van der Waals surface area contributed by atoms with Gasteiger partial charge >= 0.3 is 0 Å². The first-order valence-corrected chi connectivity index (χ1v) is 8.38. The van der Waals surface area contributed by atoms with E-state index in [1.54, 1.807) is 0 Å². The van der Waals surface area contributed by atoms with Gasteiger partial charge in [0, 0.05) is 12.3 Å². The quantitative estimate of drug-likeness (QED) is 0.817. The average molecular weight is 371 g/mol. The van der Waals surface area contributed by atoms with Crippen LogP contribution in [0, 0.1) is 5.82 Å². The SMILES string of the molecule is COc1cc(C=CC(=O)NS(=O)(=O)c2ccc(Cl)cn2)ccc1F. The molecular formula is C15H12ClFN2O4S. The number of benzene rings is 1. The van der Waals surface area contributed by atoms with Gasteiger partial charge in [0.15, 0.2) is 16.6 Å². The number of amides is 1. The number of nitrogens with zero attached hydrogens (tertiary/aromatic N) is 1. The number of hydrogen-bond acceptors (Lipinski definition) is 5. The molecule has 0 aliphatic rings. The topological polar surface area (TPSA) is 85.4 Å². The van der Waals surface area contributed by atoms with E-state index in [1.165, 1.54) is 43.5 Å². The van der Waals surface area contributed by atoms with Crippen LogP contribution in [0.5, 0.6) is 5.75 Å². The minimum absolute atomic E-state index is 0.00976. The van der Waals surface area contributed by atoms with Gasteiger partial charge in [-0.3, -0.25) is 4.79 Å². The van der Waals surface area contributed by atoms with E-state index in [4.69, 9.17) is 16.3 Å². The van der Waals surface area contributed by atoms with Gasteiger partial charge in [0.2, 0.25) is 0 Å². The van der Waals surface area contributed by atoms with E-state index < -0.39 is 21.7 Å². The van der Waals surface area contributed by atoms with Gasteiger partial charge in [0.1, 0.15) is 0 Å². The van der Waals surface area contributed by atoms with E-state index >= 15 is 0 Å². The molecule has 0 radical (unpaired) electrons. The molecule has 1 amide bonds. The highest BCUT2D eigenvalue weighted by Gasteiger charge is 2.17.